The van der Waals surface area contributed by atoms with Gasteiger partial charge in [0.2, 0.25) is 0 Å². The van der Waals surface area contributed by atoms with E-state index in [0.717, 1.165) is 0 Å². The summed E-state index contributed by atoms with van der Waals surface area (Å²) in [5, 5.41) is 0. The van der Waals surface area contributed by atoms with Crippen LogP contribution in [0.2, 0.25) is 0 Å². The van der Waals surface area contributed by atoms with Crippen molar-refractivity contribution in [2.24, 2.45) is 0 Å². The first-order chi connectivity index (χ1) is 9.31. The summed E-state index contributed by atoms with van der Waals surface area (Å²) in [5.41, 5.74) is 0.518. The normalized spacial score (nSPS) is 13.3. The van der Waals surface area contributed by atoms with Crippen molar-refractivity contribution in [3.8, 4) is 0 Å². The fourth-order valence-electron chi connectivity index (χ4n) is 1.82. The molecule has 2 N–H and O–H groups in total. The SMILES string of the molecule is Cc1[nH]c(=O)sc1S(=O)(=O)NC(C)c1ccccc1F. The third-order valence-corrected chi connectivity index (χ3v) is 5.87. The zero-order valence-electron chi connectivity index (χ0n) is 10.8. The number of H-pyrrole nitrogens is 1. The quantitative estimate of drug-likeness (QED) is 0.904. The van der Waals surface area contributed by atoms with E-state index in [-0.39, 0.29) is 15.5 Å². The fourth-order valence-corrected chi connectivity index (χ4v) is 4.36. The number of hydrogen-bond acceptors (Lipinski definition) is 4. The molecule has 0 bridgehead atoms. The minimum atomic E-state index is -3.86. The van der Waals surface area contributed by atoms with Crippen LogP contribution >= 0.6 is 11.3 Å². The number of rotatable bonds is 4. The van der Waals surface area contributed by atoms with Crippen LogP contribution in [-0.2, 0) is 10.0 Å². The van der Waals surface area contributed by atoms with E-state index in [9.17, 15) is 17.6 Å². The van der Waals surface area contributed by atoms with E-state index in [0.29, 0.717) is 11.3 Å². The van der Waals surface area contributed by atoms with Crippen LogP contribution in [-0.4, -0.2) is 13.4 Å². The molecule has 0 fully saturated rings. The van der Waals surface area contributed by atoms with E-state index >= 15 is 0 Å². The standard InChI is InChI=1S/C12H13FN2O3S2/c1-7(9-5-3-4-6-10(9)13)15-20(17,18)11-8(2)14-12(16)19-11/h3-7,15H,1-2H3,(H,14,16). The molecule has 1 atom stereocenters. The van der Waals surface area contributed by atoms with Gasteiger partial charge in [0, 0.05) is 17.3 Å². The topological polar surface area (TPSA) is 79.0 Å². The van der Waals surface area contributed by atoms with Crippen molar-refractivity contribution >= 4 is 21.4 Å². The predicted octanol–water partition coefficient (Wildman–Crippen LogP) is 1.92. The second kappa shape index (κ2) is 5.47. The largest absolute Gasteiger partial charge is 0.315 e. The lowest BCUT2D eigenvalue weighted by atomic mass is 10.1. The molecule has 0 spiro atoms. The van der Waals surface area contributed by atoms with Gasteiger partial charge in [0.25, 0.3) is 10.0 Å². The molecule has 0 aliphatic carbocycles. The first-order valence-electron chi connectivity index (χ1n) is 5.77. The lowest BCUT2D eigenvalue weighted by molar-refractivity contribution is 0.551. The number of nitrogens with one attached hydrogen (secondary N) is 2. The molecule has 1 unspecified atom stereocenters. The molecule has 20 heavy (non-hydrogen) atoms. The number of sulfonamides is 1. The summed E-state index contributed by atoms with van der Waals surface area (Å²) >= 11 is 0.607. The average molecular weight is 316 g/mol. The monoisotopic (exact) mass is 316 g/mol. The average Bonchev–Trinajstić information content (AvgIpc) is 2.69. The van der Waals surface area contributed by atoms with Crippen molar-refractivity contribution in [3.63, 3.8) is 0 Å². The summed E-state index contributed by atoms with van der Waals surface area (Å²) < 4.78 is 40.3. The second-order valence-corrected chi connectivity index (χ2v) is 7.18. The Morgan fingerprint density at radius 1 is 1.35 bits per heavy atom. The fraction of sp³-hybridized carbons (Fsp3) is 0.250. The summed E-state index contributed by atoms with van der Waals surface area (Å²) in [5.74, 6) is -0.485. The highest BCUT2D eigenvalue weighted by Crippen LogP contribution is 2.21. The van der Waals surface area contributed by atoms with Crippen LogP contribution in [0.3, 0.4) is 0 Å². The molecule has 1 heterocycles. The molecule has 2 rings (SSSR count). The Bertz CT molecular complexity index is 780. The van der Waals surface area contributed by atoms with Crippen LogP contribution in [0.25, 0.3) is 0 Å². The predicted molar refractivity (Wildman–Crippen MR) is 74.8 cm³/mol. The Balaban J connectivity index is 2.32. The van der Waals surface area contributed by atoms with Gasteiger partial charge in [0.1, 0.15) is 5.82 Å². The van der Waals surface area contributed by atoms with E-state index in [2.05, 4.69) is 9.71 Å². The highest BCUT2D eigenvalue weighted by molar-refractivity contribution is 7.91. The van der Waals surface area contributed by atoms with Gasteiger partial charge in [-0.25, -0.2) is 17.5 Å². The Morgan fingerprint density at radius 2 is 2.00 bits per heavy atom. The molecule has 0 radical (unpaired) electrons. The molecule has 0 saturated heterocycles. The van der Waals surface area contributed by atoms with Gasteiger partial charge in [-0.3, -0.25) is 4.79 Å². The smallest absolute Gasteiger partial charge is 0.305 e. The Kier molecular flexibility index (Phi) is 4.07. The van der Waals surface area contributed by atoms with Crippen molar-refractivity contribution < 1.29 is 12.8 Å². The maximum atomic E-state index is 13.6. The van der Waals surface area contributed by atoms with Gasteiger partial charge in [-0.2, -0.15) is 0 Å². The minimum absolute atomic E-state index is 0.0781. The molecular weight excluding hydrogens is 303 g/mol. The summed E-state index contributed by atoms with van der Waals surface area (Å²) in [6.07, 6.45) is 0. The number of aromatic nitrogens is 1. The first-order valence-corrected chi connectivity index (χ1v) is 8.07. The number of aryl methyl sites for hydroxylation is 1. The van der Waals surface area contributed by atoms with Gasteiger partial charge in [-0.05, 0) is 19.9 Å². The summed E-state index contributed by atoms with van der Waals surface area (Å²) in [6.45, 7) is 3.04. The molecule has 2 aromatic rings. The maximum absolute atomic E-state index is 13.6. The van der Waals surface area contributed by atoms with Crippen LogP contribution < -0.4 is 9.60 Å². The number of aromatic amines is 1. The number of thiazole rings is 1. The molecule has 1 aromatic carbocycles. The molecule has 0 aliphatic rings. The van der Waals surface area contributed by atoms with Crippen LogP contribution in [0.5, 0.6) is 0 Å². The van der Waals surface area contributed by atoms with Crippen LogP contribution in [0.15, 0.2) is 33.3 Å². The molecule has 0 aliphatic heterocycles. The summed E-state index contributed by atoms with van der Waals surface area (Å²) in [6, 6.07) is 5.19. The van der Waals surface area contributed by atoms with Crippen molar-refractivity contribution in [2.75, 3.05) is 0 Å². The van der Waals surface area contributed by atoms with Gasteiger partial charge in [-0.15, -0.1) is 0 Å². The van der Waals surface area contributed by atoms with Gasteiger partial charge in [0.15, 0.2) is 4.21 Å². The van der Waals surface area contributed by atoms with E-state index in [4.69, 9.17) is 0 Å². The molecule has 5 nitrogen and oxygen atoms in total. The third-order valence-electron chi connectivity index (χ3n) is 2.73. The first kappa shape index (κ1) is 14.9. The van der Waals surface area contributed by atoms with E-state index in [1.807, 2.05) is 0 Å². The molecule has 8 heteroatoms. The minimum Gasteiger partial charge on any atom is -0.315 e. The van der Waals surface area contributed by atoms with Gasteiger partial charge in [0.05, 0.1) is 0 Å². The van der Waals surface area contributed by atoms with Gasteiger partial charge < -0.3 is 4.98 Å². The van der Waals surface area contributed by atoms with Crippen LogP contribution in [0, 0.1) is 12.7 Å². The van der Waals surface area contributed by atoms with Crippen molar-refractivity contribution in [1.82, 2.24) is 9.71 Å². The Morgan fingerprint density at radius 3 is 2.55 bits per heavy atom. The Hall–Kier alpha value is -1.51. The molecule has 0 saturated carbocycles. The molecule has 0 amide bonds. The van der Waals surface area contributed by atoms with Gasteiger partial charge >= 0.3 is 4.87 Å². The molecule has 108 valence electrons. The second-order valence-electron chi connectivity index (χ2n) is 4.29. The number of halogens is 1. The molecule has 1 aromatic heterocycles. The zero-order valence-corrected chi connectivity index (χ0v) is 12.4. The lowest BCUT2D eigenvalue weighted by Gasteiger charge is -2.14. The number of benzene rings is 1. The van der Waals surface area contributed by atoms with E-state index in [1.54, 1.807) is 13.0 Å². The third kappa shape index (κ3) is 2.97. The maximum Gasteiger partial charge on any atom is 0.305 e. The van der Waals surface area contributed by atoms with Crippen molar-refractivity contribution in [2.45, 2.75) is 24.1 Å². The van der Waals surface area contributed by atoms with Crippen molar-refractivity contribution in [3.05, 3.63) is 51.0 Å². The zero-order chi connectivity index (χ0) is 14.9. The van der Waals surface area contributed by atoms with Crippen LogP contribution in [0.1, 0.15) is 24.2 Å². The number of hydrogen-bond donors (Lipinski definition) is 2. The molecular formula is C12H13FN2O3S2. The Labute approximate surface area is 119 Å². The van der Waals surface area contributed by atoms with Crippen LogP contribution in [0.4, 0.5) is 4.39 Å². The van der Waals surface area contributed by atoms with Crippen molar-refractivity contribution in [1.29, 1.82) is 0 Å². The van der Waals surface area contributed by atoms with E-state index < -0.39 is 26.8 Å². The summed E-state index contributed by atoms with van der Waals surface area (Å²) in [7, 11) is -3.86. The summed E-state index contributed by atoms with van der Waals surface area (Å²) in [4.78, 5) is 13.1. The highest BCUT2D eigenvalue weighted by atomic mass is 32.2. The highest BCUT2D eigenvalue weighted by Gasteiger charge is 2.24. The van der Waals surface area contributed by atoms with Gasteiger partial charge in [-0.1, -0.05) is 29.5 Å². The van der Waals surface area contributed by atoms with E-state index in [1.165, 1.54) is 25.1 Å². The lowest BCUT2D eigenvalue weighted by Crippen LogP contribution is -2.27.